The van der Waals surface area contributed by atoms with Gasteiger partial charge in [-0.1, -0.05) is 30.3 Å². The lowest BCUT2D eigenvalue weighted by Crippen LogP contribution is -2.51. The molecule has 1 aliphatic rings. The number of carbonyl (C=O) groups is 2. The molecular formula is C25H30N4O3. The van der Waals surface area contributed by atoms with Crippen LogP contribution in [0.5, 0.6) is 5.75 Å². The van der Waals surface area contributed by atoms with E-state index in [9.17, 15) is 9.59 Å². The molecule has 7 heteroatoms. The van der Waals surface area contributed by atoms with E-state index in [1.807, 2.05) is 61.5 Å². The summed E-state index contributed by atoms with van der Waals surface area (Å²) in [4.78, 5) is 29.8. The highest BCUT2D eigenvalue weighted by Gasteiger charge is 2.32. The van der Waals surface area contributed by atoms with E-state index in [-0.39, 0.29) is 30.2 Å². The number of methoxy groups -OCH3 is 1. The van der Waals surface area contributed by atoms with E-state index in [0.29, 0.717) is 43.9 Å². The number of amides is 2. The van der Waals surface area contributed by atoms with Crippen LogP contribution in [0, 0.1) is 17.2 Å². The van der Waals surface area contributed by atoms with Gasteiger partial charge in [0.1, 0.15) is 5.75 Å². The Bertz CT molecular complexity index is 949. The van der Waals surface area contributed by atoms with Crippen molar-refractivity contribution < 1.29 is 14.3 Å². The number of hydrogen-bond donors (Lipinski definition) is 1. The van der Waals surface area contributed by atoms with E-state index in [1.54, 1.807) is 12.0 Å². The van der Waals surface area contributed by atoms with Gasteiger partial charge >= 0.3 is 0 Å². The summed E-state index contributed by atoms with van der Waals surface area (Å²) in [6.07, 6.45) is 1.64. The summed E-state index contributed by atoms with van der Waals surface area (Å²) in [5, 5.41) is 12.0. The Labute approximate surface area is 189 Å². The molecule has 0 aromatic heterocycles. The minimum atomic E-state index is -0.327. The lowest BCUT2D eigenvalue weighted by atomic mass is 9.94. The molecule has 3 rings (SSSR count). The molecule has 1 heterocycles. The molecule has 0 saturated carbocycles. The lowest BCUT2D eigenvalue weighted by molar-refractivity contribution is -0.125. The highest BCUT2D eigenvalue weighted by molar-refractivity contribution is 5.97. The molecule has 1 unspecified atom stereocenters. The standard InChI is InChI=1S/C25H30N4O3/c1-19(25(31)29(16-8-15-26)21-9-4-3-5-10-21)28-17-13-20(14-18-28)24(30)27-22-11-6-7-12-23(22)32-2/h3-7,9-12,19-20H,8,13-14,16-18H2,1-2H3,(H,27,30). The molecule has 1 N–H and O–H groups in total. The highest BCUT2D eigenvalue weighted by atomic mass is 16.5. The summed E-state index contributed by atoms with van der Waals surface area (Å²) < 4.78 is 5.31. The molecule has 0 radical (unpaired) electrons. The number of anilines is 2. The van der Waals surface area contributed by atoms with Crippen molar-refractivity contribution >= 4 is 23.2 Å². The van der Waals surface area contributed by atoms with Crippen LogP contribution in [-0.4, -0.2) is 49.5 Å². The molecule has 32 heavy (non-hydrogen) atoms. The van der Waals surface area contributed by atoms with Gasteiger partial charge in [0.05, 0.1) is 31.3 Å². The lowest BCUT2D eigenvalue weighted by Gasteiger charge is -2.37. The van der Waals surface area contributed by atoms with E-state index in [0.717, 1.165) is 5.69 Å². The van der Waals surface area contributed by atoms with Gasteiger partial charge in [-0.2, -0.15) is 5.26 Å². The molecule has 0 bridgehead atoms. The fourth-order valence-electron chi connectivity index (χ4n) is 4.05. The molecule has 168 valence electrons. The quantitative estimate of drug-likeness (QED) is 0.685. The average molecular weight is 435 g/mol. The molecule has 1 aliphatic heterocycles. The number of para-hydroxylation sites is 3. The van der Waals surface area contributed by atoms with Gasteiger partial charge in [0.2, 0.25) is 11.8 Å². The smallest absolute Gasteiger partial charge is 0.244 e. The highest BCUT2D eigenvalue weighted by Crippen LogP contribution is 2.27. The van der Waals surface area contributed by atoms with Gasteiger partial charge in [-0.25, -0.2) is 0 Å². The minimum absolute atomic E-state index is 0.0203. The van der Waals surface area contributed by atoms with Crippen LogP contribution in [-0.2, 0) is 9.59 Å². The predicted octanol–water partition coefficient (Wildman–Crippen LogP) is 3.68. The Morgan fingerprint density at radius 3 is 2.47 bits per heavy atom. The zero-order chi connectivity index (χ0) is 22.9. The average Bonchev–Trinajstić information content (AvgIpc) is 2.84. The Hall–Kier alpha value is -3.37. The van der Waals surface area contributed by atoms with Crippen LogP contribution < -0.4 is 15.0 Å². The third kappa shape index (κ3) is 5.65. The van der Waals surface area contributed by atoms with Crippen LogP contribution in [0.25, 0.3) is 0 Å². The van der Waals surface area contributed by atoms with E-state index in [4.69, 9.17) is 10.00 Å². The summed E-state index contributed by atoms with van der Waals surface area (Å²) in [5.74, 6) is 0.481. The van der Waals surface area contributed by atoms with Gasteiger partial charge in [0.25, 0.3) is 0 Å². The fourth-order valence-corrected chi connectivity index (χ4v) is 4.05. The van der Waals surface area contributed by atoms with Gasteiger partial charge in [0, 0.05) is 18.2 Å². The van der Waals surface area contributed by atoms with Gasteiger partial charge in [-0.05, 0) is 57.1 Å². The van der Waals surface area contributed by atoms with Crippen LogP contribution in [0.15, 0.2) is 54.6 Å². The summed E-state index contributed by atoms with van der Waals surface area (Å²) in [5.41, 5.74) is 1.47. The number of ether oxygens (including phenoxy) is 1. The molecule has 1 saturated heterocycles. The molecule has 1 fully saturated rings. The molecular weight excluding hydrogens is 404 g/mol. The van der Waals surface area contributed by atoms with Crippen molar-refractivity contribution in [2.45, 2.75) is 32.2 Å². The van der Waals surface area contributed by atoms with E-state index >= 15 is 0 Å². The van der Waals surface area contributed by atoms with E-state index < -0.39 is 0 Å². The molecule has 1 atom stereocenters. The number of likely N-dealkylation sites (tertiary alicyclic amines) is 1. The maximum absolute atomic E-state index is 13.3. The largest absolute Gasteiger partial charge is 0.495 e. The zero-order valence-electron chi connectivity index (χ0n) is 18.7. The first-order valence-electron chi connectivity index (χ1n) is 11.0. The Morgan fingerprint density at radius 1 is 1.16 bits per heavy atom. The van der Waals surface area contributed by atoms with Crippen LogP contribution >= 0.6 is 0 Å². The number of piperidine rings is 1. The maximum Gasteiger partial charge on any atom is 0.244 e. The van der Waals surface area contributed by atoms with Crippen molar-refractivity contribution in [3.63, 3.8) is 0 Å². The van der Waals surface area contributed by atoms with Gasteiger partial charge in [-0.15, -0.1) is 0 Å². The second-order valence-corrected chi connectivity index (χ2v) is 7.91. The monoisotopic (exact) mass is 434 g/mol. The van der Waals surface area contributed by atoms with Crippen molar-refractivity contribution in [3.05, 3.63) is 54.6 Å². The number of hydrogen-bond acceptors (Lipinski definition) is 5. The van der Waals surface area contributed by atoms with E-state index in [2.05, 4.69) is 16.3 Å². The minimum Gasteiger partial charge on any atom is -0.495 e. The first-order chi connectivity index (χ1) is 15.5. The Morgan fingerprint density at radius 2 is 1.81 bits per heavy atom. The Balaban J connectivity index is 1.59. The number of rotatable bonds is 8. The van der Waals surface area contributed by atoms with Gasteiger partial charge < -0.3 is 15.0 Å². The second-order valence-electron chi connectivity index (χ2n) is 7.91. The second kappa shape index (κ2) is 11.3. The number of nitrogens with one attached hydrogen (secondary N) is 1. The number of nitriles is 1. The molecule has 7 nitrogen and oxygen atoms in total. The van der Waals surface area contributed by atoms with Crippen molar-refractivity contribution in [2.75, 3.05) is 37.0 Å². The molecule has 2 amide bonds. The SMILES string of the molecule is COc1ccccc1NC(=O)C1CCN(C(C)C(=O)N(CCC#N)c2ccccc2)CC1. The van der Waals surface area contributed by atoms with Crippen LogP contribution in [0.1, 0.15) is 26.2 Å². The van der Waals surface area contributed by atoms with Crippen molar-refractivity contribution in [2.24, 2.45) is 5.92 Å². The van der Waals surface area contributed by atoms with Crippen LogP contribution in [0.3, 0.4) is 0 Å². The summed E-state index contributed by atoms with van der Waals surface area (Å²) in [7, 11) is 1.58. The summed E-state index contributed by atoms with van der Waals surface area (Å²) in [6, 6.07) is 18.6. The zero-order valence-corrected chi connectivity index (χ0v) is 18.7. The van der Waals surface area contributed by atoms with Crippen LogP contribution in [0.4, 0.5) is 11.4 Å². The molecule has 0 spiro atoms. The number of benzene rings is 2. The summed E-state index contributed by atoms with van der Waals surface area (Å²) in [6.45, 7) is 3.59. The third-order valence-electron chi connectivity index (χ3n) is 5.95. The molecule has 2 aromatic carbocycles. The molecule has 0 aliphatic carbocycles. The topological polar surface area (TPSA) is 85.7 Å². The van der Waals surface area contributed by atoms with Crippen molar-refractivity contribution in [1.29, 1.82) is 5.26 Å². The fraction of sp³-hybridized carbons (Fsp3) is 0.400. The first-order valence-corrected chi connectivity index (χ1v) is 11.0. The van der Waals surface area contributed by atoms with Crippen molar-refractivity contribution in [1.82, 2.24) is 4.90 Å². The van der Waals surface area contributed by atoms with Gasteiger partial charge in [0.15, 0.2) is 0 Å². The maximum atomic E-state index is 13.3. The number of carbonyl (C=O) groups excluding carboxylic acids is 2. The van der Waals surface area contributed by atoms with Gasteiger partial charge in [-0.3, -0.25) is 14.5 Å². The van der Waals surface area contributed by atoms with Crippen molar-refractivity contribution in [3.8, 4) is 11.8 Å². The molecule has 2 aromatic rings. The normalized spacial score (nSPS) is 15.4. The first kappa shape index (κ1) is 23.3. The van der Waals surface area contributed by atoms with E-state index in [1.165, 1.54) is 0 Å². The predicted molar refractivity (Wildman–Crippen MR) is 124 cm³/mol. The number of nitrogens with zero attached hydrogens (tertiary/aromatic N) is 3. The summed E-state index contributed by atoms with van der Waals surface area (Å²) >= 11 is 0. The third-order valence-corrected chi connectivity index (χ3v) is 5.95. The van der Waals surface area contributed by atoms with Crippen LogP contribution in [0.2, 0.25) is 0 Å². The Kier molecular flexibility index (Phi) is 8.23.